The number of aliphatic imine (C=N–C) groups is 1. The normalized spacial score (nSPS) is 26.1. The number of aliphatic hydroxyl groups excluding tert-OH is 2. The lowest BCUT2D eigenvalue weighted by Gasteiger charge is -2.44. The Labute approximate surface area is 333 Å². The van der Waals surface area contributed by atoms with Gasteiger partial charge in [-0.3, -0.25) is 14.4 Å². The van der Waals surface area contributed by atoms with Crippen molar-refractivity contribution in [2.45, 2.75) is 112 Å². The zero-order chi connectivity index (χ0) is 41.1. The van der Waals surface area contributed by atoms with Gasteiger partial charge in [0.1, 0.15) is 17.9 Å². The van der Waals surface area contributed by atoms with Crippen LogP contribution in [0.1, 0.15) is 97.0 Å². The van der Waals surface area contributed by atoms with E-state index in [-0.39, 0.29) is 48.6 Å². The maximum Gasteiger partial charge on any atom is 0.265 e. The van der Waals surface area contributed by atoms with Crippen molar-refractivity contribution >= 4 is 18.0 Å². The fourth-order valence-electron chi connectivity index (χ4n) is 9.34. The Morgan fingerprint density at radius 1 is 1.20 bits per heavy atom. The van der Waals surface area contributed by atoms with Crippen LogP contribution in [-0.2, 0) is 16.2 Å². The molecular formula is C44H66N4O8. The van der Waals surface area contributed by atoms with Gasteiger partial charge in [-0.15, -0.1) is 0 Å². The molecule has 0 aromatic heterocycles. The van der Waals surface area contributed by atoms with Crippen LogP contribution < -0.4 is 19.5 Å². The number of nitrogens with one attached hydrogen (secondary N) is 1. The summed E-state index contributed by atoms with van der Waals surface area (Å²) in [7, 11) is 5.55. The summed E-state index contributed by atoms with van der Waals surface area (Å²) in [6.45, 7) is 17.6. The number of carbonyl (C=O) groups excluding carboxylic acids is 2. The van der Waals surface area contributed by atoms with Crippen LogP contribution in [0.5, 0.6) is 17.2 Å². The molecule has 3 N–H and O–H groups in total. The maximum absolute atomic E-state index is 14.1. The first-order valence-electron chi connectivity index (χ1n) is 20.2. The molecule has 2 aromatic carbocycles. The van der Waals surface area contributed by atoms with E-state index in [9.17, 15) is 19.8 Å². The van der Waals surface area contributed by atoms with E-state index in [4.69, 9.17) is 19.0 Å². The summed E-state index contributed by atoms with van der Waals surface area (Å²) in [6.07, 6.45) is 3.92. The van der Waals surface area contributed by atoms with E-state index in [0.717, 1.165) is 25.7 Å². The summed E-state index contributed by atoms with van der Waals surface area (Å²) < 4.78 is 17.7. The molecule has 12 heteroatoms. The topological polar surface area (TPSA) is 142 Å². The average molecular weight is 779 g/mol. The number of hydrogen-bond acceptors (Lipinski definition) is 10. The SMILES string of the molecule is CC[C@@H]1CC(C=NC(=O)[C@@H]2[C@H]([C@H](C)O)[C@H](CO)ON2Cc2cccc(-c3cc4c(c(C(=O)N[C@H](CN(C)C)CC(C)(C)C)c3)OCO4)c2OC)[C@@H](C)CC1(C)C. The number of fused-ring (bicyclic) bond motifs is 1. The number of amides is 2. The summed E-state index contributed by atoms with van der Waals surface area (Å²) in [5.41, 5.74) is 2.66. The van der Waals surface area contributed by atoms with Crippen molar-refractivity contribution in [1.29, 1.82) is 0 Å². The van der Waals surface area contributed by atoms with Crippen molar-refractivity contribution in [2.24, 2.45) is 39.5 Å². The molecular weight excluding hydrogens is 713 g/mol. The second-order valence-electron chi connectivity index (χ2n) is 18.4. The highest BCUT2D eigenvalue weighted by Crippen LogP contribution is 2.47. The smallest absolute Gasteiger partial charge is 0.265 e. The number of benzene rings is 2. The molecule has 1 saturated heterocycles. The van der Waals surface area contributed by atoms with Crippen LogP contribution in [0.3, 0.4) is 0 Å². The molecule has 1 aliphatic carbocycles. The number of hydrogen-bond donors (Lipinski definition) is 3. The number of ether oxygens (including phenoxy) is 3. The molecule has 12 nitrogen and oxygen atoms in total. The first-order valence-corrected chi connectivity index (χ1v) is 20.2. The van der Waals surface area contributed by atoms with Gasteiger partial charge in [0.05, 0.1) is 31.9 Å². The third-order valence-corrected chi connectivity index (χ3v) is 11.9. The van der Waals surface area contributed by atoms with E-state index in [1.54, 1.807) is 20.1 Å². The minimum atomic E-state index is -0.952. The molecule has 0 spiro atoms. The number of nitrogens with zero attached hydrogens (tertiary/aromatic N) is 3. The Balaban J connectivity index is 1.46. The number of aliphatic hydroxyl groups is 2. The van der Waals surface area contributed by atoms with Gasteiger partial charge in [0.2, 0.25) is 6.79 Å². The fourth-order valence-corrected chi connectivity index (χ4v) is 9.34. The van der Waals surface area contributed by atoms with Gasteiger partial charge in [-0.2, -0.15) is 5.06 Å². The minimum absolute atomic E-state index is 0.00312. The lowest BCUT2D eigenvalue weighted by atomic mass is 9.61. The molecule has 1 unspecified atom stereocenters. The Morgan fingerprint density at radius 3 is 2.55 bits per heavy atom. The Bertz CT molecular complexity index is 1720. The molecule has 56 heavy (non-hydrogen) atoms. The van der Waals surface area contributed by atoms with Gasteiger partial charge in [0.15, 0.2) is 11.5 Å². The molecule has 2 aliphatic heterocycles. The van der Waals surface area contributed by atoms with Gasteiger partial charge in [-0.1, -0.05) is 73.1 Å². The van der Waals surface area contributed by atoms with E-state index < -0.39 is 30.1 Å². The number of para-hydroxylation sites is 1. The average Bonchev–Trinajstić information content (AvgIpc) is 3.74. The summed E-state index contributed by atoms with van der Waals surface area (Å²) >= 11 is 0. The van der Waals surface area contributed by atoms with Gasteiger partial charge in [-0.25, -0.2) is 4.99 Å². The zero-order valence-corrected chi connectivity index (χ0v) is 35.4. The molecule has 2 heterocycles. The number of methoxy groups -OCH3 is 1. The van der Waals surface area contributed by atoms with E-state index in [2.05, 4.69) is 63.7 Å². The fraction of sp³-hybridized carbons (Fsp3) is 0.659. The van der Waals surface area contributed by atoms with Gasteiger partial charge >= 0.3 is 0 Å². The number of hydroxylamine groups is 2. The summed E-state index contributed by atoms with van der Waals surface area (Å²) in [6, 6.07) is 8.25. The monoisotopic (exact) mass is 778 g/mol. The highest BCUT2D eigenvalue weighted by Gasteiger charge is 2.49. The van der Waals surface area contributed by atoms with Crippen molar-refractivity contribution < 1.29 is 38.9 Å². The van der Waals surface area contributed by atoms with Gasteiger partial charge in [0, 0.05) is 35.8 Å². The molecule has 2 aromatic rings. The van der Waals surface area contributed by atoms with Crippen LogP contribution in [-0.4, -0.2) is 104 Å². The molecule has 310 valence electrons. The van der Waals surface area contributed by atoms with Crippen molar-refractivity contribution in [2.75, 3.05) is 41.1 Å². The lowest BCUT2D eigenvalue weighted by molar-refractivity contribution is -0.180. The molecule has 2 amide bonds. The van der Waals surface area contributed by atoms with Crippen LogP contribution in [0.4, 0.5) is 0 Å². The predicted molar refractivity (Wildman–Crippen MR) is 218 cm³/mol. The minimum Gasteiger partial charge on any atom is -0.496 e. The largest absolute Gasteiger partial charge is 0.496 e. The van der Waals surface area contributed by atoms with Gasteiger partial charge < -0.3 is 34.6 Å². The van der Waals surface area contributed by atoms with Crippen molar-refractivity contribution in [3.8, 4) is 28.4 Å². The Hall–Kier alpha value is -3.55. The van der Waals surface area contributed by atoms with Crippen LogP contribution in [0.15, 0.2) is 35.3 Å². The molecule has 2 fully saturated rings. The maximum atomic E-state index is 14.1. The number of carbonyl (C=O) groups is 2. The number of rotatable bonds is 14. The van der Waals surface area contributed by atoms with E-state index in [0.29, 0.717) is 57.9 Å². The third-order valence-electron chi connectivity index (χ3n) is 11.9. The van der Waals surface area contributed by atoms with Crippen molar-refractivity contribution in [3.05, 3.63) is 41.5 Å². The Kier molecular flexibility index (Phi) is 14.0. The van der Waals surface area contributed by atoms with Gasteiger partial charge in [0.25, 0.3) is 11.8 Å². The predicted octanol–water partition coefficient (Wildman–Crippen LogP) is 6.36. The summed E-state index contributed by atoms with van der Waals surface area (Å²) in [4.78, 5) is 40.9. The van der Waals surface area contributed by atoms with Crippen LogP contribution >= 0.6 is 0 Å². The molecule has 0 bridgehead atoms. The molecule has 8 atom stereocenters. The first-order chi connectivity index (χ1) is 26.4. The zero-order valence-electron chi connectivity index (χ0n) is 35.4. The third kappa shape index (κ3) is 9.93. The molecule has 0 radical (unpaired) electrons. The number of likely N-dealkylation sites (N-methyl/N-ethyl adjacent to an activating group) is 1. The molecule has 3 aliphatic rings. The van der Waals surface area contributed by atoms with Crippen molar-refractivity contribution in [1.82, 2.24) is 15.3 Å². The summed E-state index contributed by atoms with van der Waals surface area (Å²) in [5, 5.41) is 26.0. The standard InChI is InChI=1S/C44H66N4O8/c1-12-31-16-30(26(2)19-44(31,7)8)21-45-42(52)38-37(27(3)50)36(24-49)56-48(38)22-28-14-13-15-33(39(28)53-11)29-17-34(40-35(18-29)54-25-55-40)41(51)46-32(23-47(9)10)20-43(4,5)6/h13-15,17-18,21,26-27,30-32,36-38,49-50H,12,16,19-20,22-25H2,1-11H3,(H,46,51)/t26-,27-,30?,31+,32-,36-,37+,38-/m0/s1. The van der Waals surface area contributed by atoms with E-state index in [1.807, 2.05) is 44.6 Å². The van der Waals surface area contributed by atoms with Gasteiger partial charge in [-0.05, 0) is 86.6 Å². The van der Waals surface area contributed by atoms with Crippen LogP contribution in [0.25, 0.3) is 11.1 Å². The first kappa shape index (κ1) is 43.6. The summed E-state index contributed by atoms with van der Waals surface area (Å²) in [5.74, 6) is 1.03. The van der Waals surface area contributed by atoms with E-state index in [1.165, 1.54) is 5.06 Å². The Morgan fingerprint density at radius 2 is 1.93 bits per heavy atom. The molecule has 1 saturated carbocycles. The highest BCUT2D eigenvalue weighted by molar-refractivity contribution is 6.00. The van der Waals surface area contributed by atoms with Crippen LogP contribution in [0, 0.1) is 34.5 Å². The van der Waals surface area contributed by atoms with Crippen molar-refractivity contribution in [3.63, 3.8) is 0 Å². The quantitative estimate of drug-likeness (QED) is 0.186. The van der Waals surface area contributed by atoms with Crippen LogP contribution in [0.2, 0.25) is 0 Å². The van der Waals surface area contributed by atoms with E-state index >= 15 is 0 Å². The highest BCUT2D eigenvalue weighted by atomic mass is 16.7. The molecule has 5 rings (SSSR count). The second kappa shape index (κ2) is 17.9. The lowest BCUT2D eigenvalue weighted by Crippen LogP contribution is -2.43. The second-order valence-corrected chi connectivity index (χ2v) is 18.4.